The molecule has 0 aliphatic rings. The van der Waals surface area contributed by atoms with Gasteiger partial charge in [0.05, 0.1) is 11.9 Å². The zero-order valence-corrected chi connectivity index (χ0v) is 17.2. The molecular formula is C20H22N6O3. The predicted molar refractivity (Wildman–Crippen MR) is 107 cm³/mol. The first-order valence-electron chi connectivity index (χ1n) is 8.96. The van der Waals surface area contributed by atoms with Crippen LogP contribution in [-0.4, -0.2) is 31.2 Å². The Morgan fingerprint density at radius 3 is 2.59 bits per heavy atom. The minimum Gasteiger partial charge on any atom is -0.444 e. The number of fused-ring (bicyclic) bond motifs is 1. The molecule has 0 spiro atoms. The third kappa shape index (κ3) is 4.43. The van der Waals surface area contributed by atoms with Crippen LogP contribution >= 0.6 is 0 Å². The number of imidazole rings is 1. The summed E-state index contributed by atoms with van der Waals surface area (Å²) in [7, 11) is 1.83. The molecule has 0 aromatic carbocycles. The number of carbonyl (C=O) groups excluding carboxylic acids is 1. The number of amides is 1. The number of hydrogen-bond acceptors (Lipinski definition) is 7. The van der Waals surface area contributed by atoms with Crippen molar-refractivity contribution in [2.45, 2.75) is 40.2 Å². The SMILES string of the molecule is Cc1cc(C#N)ncc1Oc1cc(NC(=O)OC(C)(C)C)c2nc(C)n(C)c2n1. The van der Waals surface area contributed by atoms with Crippen LogP contribution < -0.4 is 10.1 Å². The monoisotopic (exact) mass is 394 g/mol. The molecule has 0 bridgehead atoms. The Hall–Kier alpha value is -3.67. The van der Waals surface area contributed by atoms with Crippen molar-refractivity contribution in [3.05, 3.63) is 35.4 Å². The Morgan fingerprint density at radius 1 is 1.24 bits per heavy atom. The van der Waals surface area contributed by atoms with Crippen LogP contribution in [0.3, 0.4) is 0 Å². The highest BCUT2D eigenvalue weighted by atomic mass is 16.6. The van der Waals surface area contributed by atoms with Gasteiger partial charge in [-0.05, 0) is 46.2 Å². The van der Waals surface area contributed by atoms with E-state index in [1.165, 1.54) is 6.20 Å². The van der Waals surface area contributed by atoms with Gasteiger partial charge in [0.2, 0.25) is 5.88 Å². The fourth-order valence-electron chi connectivity index (χ4n) is 2.62. The number of nitrogens with zero attached hydrogens (tertiary/aromatic N) is 5. The van der Waals surface area contributed by atoms with Crippen LogP contribution in [0.1, 0.15) is 37.9 Å². The first-order valence-corrected chi connectivity index (χ1v) is 8.96. The van der Waals surface area contributed by atoms with Gasteiger partial charge >= 0.3 is 6.09 Å². The molecule has 0 unspecified atom stereocenters. The standard InChI is InChI=1S/C20H22N6O3/c1-11-7-13(9-21)22-10-15(11)28-16-8-14(24-19(27)29-20(3,4)5)17-18(25-16)26(6)12(2)23-17/h7-8,10H,1-6H3,(H,24,25,27). The normalized spacial score (nSPS) is 11.2. The van der Waals surface area contributed by atoms with Gasteiger partial charge in [0, 0.05) is 13.1 Å². The van der Waals surface area contributed by atoms with Crippen LogP contribution in [0.5, 0.6) is 11.6 Å². The molecule has 0 radical (unpaired) electrons. The number of ether oxygens (including phenoxy) is 2. The molecule has 9 heteroatoms. The Morgan fingerprint density at radius 2 is 1.97 bits per heavy atom. The second-order valence-corrected chi connectivity index (χ2v) is 7.57. The van der Waals surface area contributed by atoms with E-state index in [0.29, 0.717) is 28.3 Å². The average Bonchev–Trinajstić information content (AvgIpc) is 2.90. The maximum Gasteiger partial charge on any atom is 0.412 e. The van der Waals surface area contributed by atoms with Crippen LogP contribution in [0.15, 0.2) is 18.3 Å². The van der Waals surface area contributed by atoms with Gasteiger partial charge in [-0.3, -0.25) is 5.32 Å². The summed E-state index contributed by atoms with van der Waals surface area (Å²) in [4.78, 5) is 25.3. The van der Waals surface area contributed by atoms with Crippen molar-refractivity contribution in [3.8, 4) is 17.7 Å². The Labute approximate surface area is 168 Å². The Bertz CT molecular complexity index is 1140. The molecule has 3 aromatic rings. The average molecular weight is 394 g/mol. The van der Waals surface area contributed by atoms with Crippen LogP contribution in [0.4, 0.5) is 10.5 Å². The van der Waals surface area contributed by atoms with E-state index in [9.17, 15) is 4.79 Å². The number of nitrogens with one attached hydrogen (secondary N) is 1. The van der Waals surface area contributed by atoms with Crippen LogP contribution in [-0.2, 0) is 11.8 Å². The van der Waals surface area contributed by atoms with E-state index in [4.69, 9.17) is 14.7 Å². The van der Waals surface area contributed by atoms with Crippen LogP contribution in [0.2, 0.25) is 0 Å². The molecular weight excluding hydrogens is 372 g/mol. The lowest BCUT2D eigenvalue weighted by Gasteiger charge is -2.20. The fraction of sp³-hybridized carbons (Fsp3) is 0.350. The second kappa shape index (κ2) is 7.39. The summed E-state index contributed by atoms with van der Waals surface area (Å²) in [5.41, 5.74) is 1.89. The molecule has 0 atom stereocenters. The topological polar surface area (TPSA) is 115 Å². The summed E-state index contributed by atoms with van der Waals surface area (Å²) < 4.78 is 13.0. The first-order chi connectivity index (χ1) is 13.6. The molecule has 29 heavy (non-hydrogen) atoms. The number of aromatic nitrogens is 4. The molecule has 0 saturated heterocycles. The van der Waals surface area contributed by atoms with Crippen molar-refractivity contribution in [1.29, 1.82) is 5.26 Å². The fourth-order valence-corrected chi connectivity index (χ4v) is 2.62. The zero-order valence-electron chi connectivity index (χ0n) is 17.2. The number of anilines is 1. The highest BCUT2D eigenvalue weighted by Crippen LogP contribution is 2.30. The van der Waals surface area contributed by atoms with Gasteiger partial charge in [-0.25, -0.2) is 14.8 Å². The molecule has 0 saturated carbocycles. The van der Waals surface area contributed by atoms with Gasteiger partial charge in [-0.2, -0.15) is 10.2 Å². The summed E-state index contributed by atoms with van der Waals surface area (Å²) >= 11 is 0. The number of pyridine rings is 2. The van der Waals surface area contributed by atoms with E-state index in [1.807, 2.05) is 27.0 Å². The number of hydrogen-bond donors (Lipinski definition) is 1. The van der Waals surface area contributed by atoms with Gasteiger partial charge in [0.1, 0.15) is 28.7 Å². The van der Waals surface area contributed by atoms with Gasteiger partial charge in [-0.1, -0.05) is 0 Å². The van der Waals surface area contributed by atoms with Gasteiger partial charge in [0.25, 0.3) is 0 Å². The van der Waals surface area contributed by atoms with Gasteiger partial charge < -0.3 is 14.0 Å². The lowest BCUT2D eigenvalue weighted by atomic mass is 10.2. The van der Waals surface area contributed by atoms with E-state index in [2.05, 4.69) is 20.3 Å². The number of rotatable bonds is 3. The van der Waals surface area contributed by atoms with Crippen LogP contribution in [0, 0.1) is 25.2 Å². The maximum atomic E-state index is 12.3. The van der Waals surface area contributed by atoms with E-state index in [1.54, 1.807) is 37.5 Å². The summed E-state index contributed by atoms with van der Waals surface area (Å²) in [5, 5.41) is 11.7. The number of carbonyl (C=O) groups is 1. The lowest BCUT2D eigenvalue weighted by Crippen LogP contribution is -2.27. The number of nitriles is 1. The van der Waals surface area contributed by atoms with E-state index in [-0.39, 0.29) is 5.88 Å². The zero-order chi connectivity index (χ0) is 21.3. The molecule has 1 N–H and O–H groups in total. The maximum absolute atomic E-state index is 12.3. The van der Waals surface area contributed by atoms with Gasteiger partial charge in [0.15, 0.2) is 11.4 Å². The van der Waals surface area contributed by atoms with Crippen LogP contribution in [0.25, 0.3) is 11.2 Å². The predicted octanol–water partition coefficient (Wildman–Crippen LogP) is 3.99. The molecule has 3 heterocycles. The molecule has 3 aromatic heterocycles. The summed E-state index contributed by atoms with van der Waals surface area (Å²) in [6.45, 7) is 9.01. The first kappa shape index (κ1) is 20.1. The smallest absolute Gasteiger partial charge is 0.412 e. The minimum atomic E-state index is -0.638. The van der Waals surface area contributed by atoms with Crippen molar-refractivity contribution >= 4 is 22.9 Å². The van der Waals surface area contributed by atoms with Crippen molar-refractivity contribution in [2.24, 2.45) is 7.05 Å². The van der Waals surface area contributed by atoms with Crippen molar-refractivity contribution in [1.82, 2.24) is 19.5 Å². The third-order valence-corrected chi connectivity index (χ3v) is 4.06. The molecule has 1 amide bonds. The van der Waals surface area contributed by atoms with Crippen molar-refractivity contribution in [2.75, 3.05) is 5.32 Å². The number of aryl methyl sites for hydroxylation is 3. The third-order valence-electron chi connectivity index (χ3n) is 4.06. The summed E-state index contributed by atoms with van der Waals surface area (Å²) in [6.07, 6.45) is 0.866. The molecule has 0 aliphatic carbocycles. The Kier molecular flexibility index (Phi) is 5.12. The second-order valence-electron chi connectivity index (χ2n) is 7.57. The highest BCUT2D eigenvalue weighted by molar-refractivity contribution is 5.96. The molecule has 3 rings (SSSR count). The largest absolute Gasteiger partial charge is 0.444 e. The molecule has 0 fully saturated rings. The minimum absolute atomic E-state index is 0.251. The lowest BCUT2D eigenvalue weighted by molar-refractivity contribution is 0.0636. The summed E-state index contributed by atoms with van der Waals surface area (Å²) in [5.74, 6) is 1.44. The van der Waals surface area contributed by atoms with Gasteiger partial charge in [-0.15, -0.1) is 0 Å². The van der Waals surface area contributed by atoms with E-state index < -0.39 is 11.7 Å². The highest BCUT2D eigenvalue weighted by Gasteiger charge is 2.20. The van der Waals surface area contributed by atoms with E-state index in [0.717, 1.165) is 11.4 Å². The van der Waals surface area contributed by atoms with Crippen molar-refractivity contribution < 1.29 is 14.3 Å². The Balaban J connectivity index is 2.01. The quantitative estimate of drug-likeness (QED) is 0.714. The molecule has 9 nitrogen and oxygen atoms in total. The van der Waals surface area contributed by atoms with Crippen molar-refractivity contribution in [3.63, 3.8) is 0 Å². The van der Waals surface area contributed by atoms with E-state index >= 15 is 0 Å². The summed E-state index contributed by atoms with van der Waals surface area (Å²) in [6, 6.07) is 5.19. The molecule has 0 aliphatic heterocycles. The molecule has 150 valence electrons.